The highest BCUT2D eigenvalue weighted by Gasteiger charge is 2.29. The van der Waals surface area contributed by atoms with Gasteiger partial charge in [0.2, 0.25) is 0 Å². The molecule has 0 N–H and O–H groups in total. The van der Waals surface area contributed by atoms with Gasteiger partial charge in [0.25, 0.3) is 5.91 Å². The SMILES string of the molecule is CC1=NN(c2ccc(C)c(C)c2)C(=O)/C1=C\n1ccnc1C. The number of hydrazone groups is 1. The summed E-state index contributed by atoms with van der Waals surface area (Å²) in [5.74, 6) is 0.714. The summed E-state index contributed by atoms with van der Waals surface area (Å²) in [6, 6.07) is 5.91. The Morgan fingerprint density at radius 1 is 1.09 bits per heavy atom. The van der Waals surface area contributed by atoms with Gasteiger partial charge in [0.1, 0.15) is 5.82 Å². The smallest absolute Gasteiger partial charge is 0.282 e. The minimum Gasteiger partial charge on any atom is -0.310 e. The molecule has 2 heterocycles. The van der Waals surface area contributed by atoms with E-state index in [0.29, 0.717) is 11.3 Å². The van der Waals surface area contributed by atoms with E-state index in [2.05, 4.69) is 10.1 Å². The van der Waals surface area contributed by atoms with Crippen LogP contribution in [0.3, 0.4) is 0 Å². The summed E-state index contributed by atoms with van der Waals surface area (Å²) in [7, 11) is 0. The lowest BCUT2D eigenvalue weighted by atomic mass is 10.1. The third-order valence-electron chi connectivity index (χ3n) is 3.93. The van der Waals surface area contributed by atoms with Gasteiger partial charge in [-0.1, -0.05) is 6.07 Å². The van der Waals surface area contributed by atoms with E-state index in [0.717, 1.165) is 17.1 Å². The van der Waals surface area contributed by atoms with Gasteiger partial charge in [-0.05, 0) is 51.0 Å². The maximum absolute atomic E-state index is 12.7. The van der Waals surface area contributed by atoms with Gasteiger partial charge in [-0.15, -0.1) is 0 Å². The second kappa shape index (κ2) is 5.26. The molecule has 1 amide bonds. The van der Waals surface area contributed by atoms with Crippen LogP contribution in [0.2, 0.25) is 0 Å². The maximum atomic E-state index is 12.7. The lowest BCUT2D eigenvalue weighted by molar-refractivity contribution is -0.114. The third kappa shape index (κ3) is 2.35. The highest BCUT2D eigenvalue weighted by molar-refractivity contribution is 6.31. The summed E-state index contributed by atoms with van der Waals surface area (Å²) < 4.78 is 1.83. The van der Waals surface area contributed by atoms with E-state index in [-0.39, 0.29) is 5.91 Å². The van der Waals surface area contributed by atoms with Crippen molar-refractivity contribution < 1.29 is 4.79 Å². The molecule has 5 nitrogen and oxygen atoms in total. The van der Waals surface area contributed by atoms with Crippen molar-refractivity contribution >= 4 is 23.5 Å². The van der Waals surface area contributed by atoms with Crippen molar-refractivity contribution in [1.82, 2.24) is 9.55 Å². The molecular weight excluding hydrogens is 276 g/mol. The first kappa shape index (κ1) is 14.3. The largest absolute Gasteiger partial charge is 0.310 e. The summed E-state index contributed by atoms with van der Waals surface area (Å²) in [4.78, 5) is 16.8. The van der Waals surface area contributed by atoms with Crippen molar-refractivity contribution in [1.29, 1.82) is 0 Å². The summed E-state index contributed by atoms with van der Waals surface area (Å²) in [6.45, 7) is 7.81. The Bertz CT molecular complexity index is 814. The Labute approximate surface area is 129 Å². The molecule has 0 bridgehead atoms. The van der Waals surface area contributed by atoms with E-state index >= 15 is 0 Å². The number of aromatic nitrogens is 2. The Kier molecular flexibility index (Phi) is 3.41. The molecular formula is C17H18N4O. The molecule has 0 unspecified atom stereocenters. The Morgan fingerprint density at radius 2 is 1.86 bits per heavy atom. The van der Waals surface area contributed by atoms with Crippen LogP contribution in [-0.2, 0) is 4.79 Å². The van der Waals surface area contributed by atoms with Gasteiger partial charge in [0.05, 0.1) is 17.0 Å². The van der Waals surface area contributed by atoms with Crippen molar-refractivity contribution in [2.75, 3.05) is 5.01 Å². The summed E-state index contributed by atoms with van der Waals surface area (Å²) in [6.07, 6.45) is 5.31. The molecule has 0 aliphatic carbocycles. The monoisotopic (exact) mass is 294 g/mol. The van der Waals surface area contributed by atoms with Crippen LogP contribution in [0.25, 0.3) is 6.20 Å². The molecule has 0 saturated carbocycles. The predicted octanol–water partition coefficient (Wildman–Crippen LogP) is 3.07. The number of nitrogens with zero attached hydrogens (tertiary/aromatic N) is 4. The van der Waals surface area contributed by atoms with E-state index in [9.17, 15) is 4.79 Å². The Hall–Kier alpha value is -2.69. The number of hydrogen-bond acceptors (Lipinski definition) is 3. The van der Waals surface area contributed by atoms with Gasteiger partial charge in [0.15, 0.2) is 0 Å². The molecule has 1 aliphatic heterocycles. The number of carbonyl (C=O) groups is 1. The molecule has 0 spiro atoms. The molecule has 1 aromatic heterocycles. The van der Waals surface area contributed by atoms with Crippen molar-refractivity contribution in [3.63, 3.8) is 0 Å². The molecule has 5 heteroatoms. The number of anilines is 1. The predicted molar refractivity (Wildman–Crippen MR) is 87.7 cm³/mol. The van der Waals surface area contributed by atoms with Gasteiger partial charge in [0, 0.05) is 18.6 Å². The van der Waals surface area contributed by atoms with Crippen LogP contribution in [0.1, 0.15) is 23.9 Å². The molecule has 0 saturated heterocycles. The lowest BCUT2D eigenvalue weighted by Crippen LogP contribution is -2.21. The van der Waals surface area contributed by atoms with Crippen LogP contribution in [0.15, 0.2) is 41.3 Å². The first-order valence-corrected chi connectivity index (χ1v) is 7.16. The maximum Gasteiger partial charge on any atom is 0.282 e. The zero-order valence-electron chi connectivity index (χ0n) is 13.2. The van der Waals surface area contributed by atoms with E-state index < -0.39 is 0 Å². The van der Waals surface area contributed by atoms with Crippen LogP contribution >= 0.6 is 0 Å². The fraction of sp³-hybridized carbons (Fsp3) is 0.235. The fourth-order valence-corrected chi connectivity index (χ4v) is 2.36. The van der Waals surface area contributed by atoms with Gasteiger partial charge in [-0.2, -0.15) is 10.1 Å². The van der Waals surface area contributed by atoms with Gasteiger partial charge < -0.3 is 4.57 Å². The van der Waals surface area contributed by atoms with Gasteiger partial charge in [-0.3, -0.25) is 4.79 Å². The second-order valence-corrected chi connectivity index (χ2v) is 5.50. The minimum absolute atomic E-state index is 0.117. The second-order valence-electron chi connectivity index (χ2n) is 5.50. The first-order chi connectivity index (χ1) is 10.5. The average molecular weight is 294 g/mol. The molecule has 2 aromatic rings. The van der Waals surface area contributed by atoms with E-state index in [4.69, 9.17) is 0 Å². The van der Waals surface area contributed by atoms with E-state index in [1.54, 1.807) is 12.4 Å². The summed E-state index contributed by atoms with van der Waals surface area (Å²) in [5, 5.41) is 5.86. The summed E-state index contributed by atoms with van der Waals surface area (Å²) in [5.41, 5.74) is 4.41. The lowest BCUT2D eigenvalue weighted by Gasteiger charge is -2.13. The number of rotatable bonds is 2. The van der Waals surface area contributed by atoms with E-state index in [1.807, 2.05) is 56.7 Å². The topological polar surface area (TPSA) is 50.5 Å². The number of carbonyl (C=O) groups excluding carboxylic acids is 1. The number of imidazole rings is 1. The van der Waals surface area contributed by atoms with Crippen molar-refractivity contribution in [2.45, 2.75) is 27.7 Å². The molecule has 112 valence electrons. The molecule has 0 fully saturated rings. The molecule has 0 radical (unpaired) electrons. The van der Waals surface area contributed by atoms with Crippen LogP contribution < -0.4 is 5.01 Å². The van der Waals surface area contributed by atoms with E-state index in [1.165, 1.54) is 10.6 Å². The standard InChI is InChI=1S/C17H18N4O/c1-11-5-6-15(9-12(11)2)21-17(22)16(13(3)19-21)10-20-8-7-18-14(20)4/h5-10H,1-4H3/b16-10-. The fourth-order valence-electron chi connectivity index (χ4n) is 2.36. The minimum atomic E-state index is -0.117. The number of amides is 1. The number of hydrogen-bond donors (Lipinski definition) is 0. The van der Waals surface area contributed by atoms with Crippen LogP contribution in [0.4, 0.5) is 5.69 Å². The Morgan fingerprint density at radius 3 is 2.50 bits per heavy atom. The molecule has 1 aromatic carbocycles. The van der Waals surface area contributed by atoms with Gasteiger partial charge in [-0.25, -0.2) is 4.98 Å². The van der Waals surface area contributed by atoms with Crippen LogP contribution in [0, 0.1) is 20.8 Å². The van der Waals surface area contributed by atoms with Gasteiger partial charge >= 0.3 is 0 Å². The Balaban J connectivity index is 1.98. The average Bonchev–Trinajstić information content (AvgIpc) is 3.00. The van der Waals surface area contributed by atoms with Crippen molar-refractivity contribution in [2.24, 2.45) is 5.10 Å². The molecule has 1 aliphatic rings. The van der Waals surface area contributed by atoms with Crippen LogP contribution in [0.5, 0.6) is 0 Å². The zero-order chi connectivity index (χ0) is 15.9. The summed E-state index contributed by atoms with van der Waals surface area (Å²) >= 11 is 0. The highest BCUT2D eigenvalue weighted by Crippen LogP contribution is 2.26. The highest BCUT2D eigenvalue weighted by atomic mass is 16.2. The van der Waals surface area contributed by atoms with Crippen LogP contribution in [-0.4, -0.2) is 21.2 Å². The number of aryl methyl sites for hydroxylation is 3. The first-order valence-electron chi connectivity index (χ1n) is 7.16. The molecule has 22 heavy (non-hydrogen) atoms. The number of benzene rings is 1. The van der Waals surface area contributed by atoms with Crippen molar-refractivity contribution in [3.05, 3.63) is 53.1 Å². The quantitative estimate of drug-likeness (QED) is 0.799. The zero-order valence-corrected chi connectivity index (χ0v) is 13.2. The molecule has 3 rings (SSSR count). The van der Waals surface area contributed by atoms with Crippen molar-refractivity contribution in [3.8, 4) is 0 Å². The normalized spacial score (nSPS) is 16.5. The third-order valence-corrected chi connectivity index (χ3v) is 3.93. The molecule has 0 atom stereocenters.